The van der Waals surface area contributed by atoms with Gasteiger partial charge in [0.15, 0.2) is 0 Å². The van der Waals surface area contributed by atoms with E-state index in [1.165, 1.54) is 4.31 Å². The van der Waals surface area contributed by atoms with Crippen LogP contribution in [0.2, 0.25) is 0 Å². The molecule has 1 amide bonds. The van der Waals surface area contributed by atoms with Crippen molar-refractivity contribution in [2.24, 2.45) is 0 Å². The number of nitrogens with zero attached hydrogens (tertiary/aromatic N) is 2. The van der Waals surface area contributed by atoms with Crippen molar-refractivity contribution in [2.75, 3.05) is 45.9 Å². The molecule has 0 unspecified atom stereocenters. The average Bonchev–Trinajstić information content (AvgIpc) is 2.78. The van der Waals surface area contributed by atoms with Crippen LogP contribution in [0.4, 0.5) is 13.2 Å². The van der Waals surface area contributed by atoms with E-state index >= 15 is 0 Å². The first-order chi connectivity index (χ1) is 16.3. The molecule has 0 aliphatic carbocycles. The number of ether oxygens (including phenoxy) is 1. The number of amides is 1. The molecule has 0 radical (unpaired) electrons. The molecule has 0 atom stereocenters. The van der Waals surface area contributed by atoms with Crippen molar-refractivity contribution >= 4 is 21.9 Å². The minimum absolute atomic E-state index is 0.00455. The maximum absolute atomic E-state index is 13.2. The summed E-state index contributed by atoms with van der Waals surface area (Å²) in [6, 6.07) is 6.97. The number of rotatable bonds is 10. The average molecular weight is 526 g/mol. The predicted molar refractivity (Wildman–Crippen MR) is 123 cm³/mol. The number of carbonyl (C=O) groups excluding carboxylic acids is 1. The highest BCUT2D eigenvalue weighted by molar-refractivity contribution is 7.89. The number of carboxylic acid groups (broad SMARTS) is 1. The Hall–Kier alpha value is -2.22. The van der Waals surface area contributed by atoms with Gasteiger partial charge < -0.3 is 20.1 Å². The molecule has 1 aromatic rings. The number of alkyl halides is 3. The van der Waals surface area contributed by atoms with Crippen LogP contribution >= 0.6 is 0 Å². The van der Waals surface area contributed by atoms with Crippen LogP contribution < -0.4 is 5.32 Å². The van der Waals surface area contributed by atoms with Gasteiger partial charge in [0.05, 0.1) is 11.0 Å². The number of benzene rings is 1. The maximum Gasteiger partial charge on any atom is 0.490 e. The Morgan fingerprint density at radius 1 is 1.17 bits per heavy atom. The molecule has 200 valence electrons. The number of carbonyl (C=O) groups is 2. The van der Waals surface area contributed by atoms with Crippen molar-refractivity contribution in [1.29, 1.82) is 0 Å². The van der Waals surface area contributed by atoms with Crippen molar-refractivity contribution < 1.29 is 41.0 Å². The lowest BCUT2D eigenvalue weighted by Crippen LogP contribution is -2.47. The molecule has 13 heteroatoms. The number of aliphatic carboxylic acids is 1. The summed E-state index contributed by atoms with van der Waals surface area (Å²) in [4.78, 5) is 23.5. The van der Waals surface area contributed by atoms with Gasteiger partial charge in [-0.1, -0.05) is 18.2 Å². The summed E-state index contributed by atoms with van der Waals surface area (Å²) in [6.45, 7) is 9.60. The van der Waals surface area contributed by atoms with E-state index in [1.54, 1.807) is 30.0 Å². The molecule has 1 aliphatic rings. The molecule has 1 saturated heterocycles. The van der Waals surface area contributed by atoms with Crippen LogP contribution in [0, 0.1) is 6.92 Å². The number of hydrogen-bond donors (Lipinski definition) is 2. The lowest BCUT2D eigenvalue weighted by Gasteiger charge is -2.29. The number of hydrogen-bond acceptors (Lipinski definition) is 6. The lowest BCUT2D eigenvalue weighted by molar-refractivity contribution is -0.192. The van der Waals surface area contributed by atoms with Crippen LogP contribution in [-0.2, 0) is 24.3 Å². The maximum atomic E-state index is 13.2. The number of nitrogens with one attached hydrogen (secondary N) is 1. The molecule has 1 heterocycles. The van der Waals surface area contributed by atoms with Gasteiger partial charge >= 0.3 is 12.1 Å². The van der Waals surface area contributed by atoms with Crippen LogP contribution in [0.1, 0.15) is 32.3 Å². The zero-order valence-electron chi connectivity index (χ0n) is 20.2. The molecule has 0 bridgehead atoms. The standard InChI is InChI=1S/C20H33N3O4S.C2HF3O2/c1-17(2)27-16-6-12-23(13-9-20(24)22-14-10-21-11-15-22)28(25,26)19-8-5-4-7-18(19)3;3-2(4,5)1(6)7/h4-5,7-8,17,21H,6,9-16H2,1-3H3;(H,6,7). The fraction of sp³-hybridized carbons (Fsp3) is 0.636. The van der Waals surface area contributed by atoms with Gasteiger partial charge in [-0.3, -0.25) is 4.79 Å². The second-order valence-electron chi connectivity index (χ2n) is 8.13. The van der Waals surface area contributed by atoms with Gasteiger partial charge in [-0.05, 0) is 38.8 Å². The molecule has 0 aromatic heterocycles. The number of aryl methyl sites for hydroxylation is 1. The molecule has 1 aromatic carbocycles. The van der Waals surface area contributed by atoms with Crippen LogP contribution in [0.15, 0.2) is 29.2 Å². The fourth-order valence-electron chi connectivity index (χ4n) is 3.19. The third kappa shape index (κ3) is 10.9. The second-order valence-corrected chi connectivity index (χ2v) is 10.0. The molecule has 35 heavy (non-hydrogen) atoms. The SMILES string of the molecule is Cc1ccccc1S(=O)(=O)N(CCCOC(C)C)CCC(=O)N1CCNCC1.O=C(O)C(F)(F)F. The van der Waals surface area contributed by atoms with E-state index in [-0.39, 0.29) is 25.0 Å². The Labute approximate surface area is 204 Å². The first-order valence-corrected chi connectivity index (χ1v) is 12.7. The predicted octanol–water partition coefficient (Wildman–Crippen LogP) is 2.26. The molecule has 9 nitrogen and oxygen atoms in total. The molecule has 2 N–H and O–H groups in total. The van der Waals surface area contributed by atoms with Crippen molar-refractivity contribution in [3.63, 3.8) is 0 Å². The third-order valence-electron chi connectivity index (χ3n) is 5.00. The quantitative estimate of drug-likeness (QED) is 0.450. The van der Waals surface area contributed by atoms with Gasteiger partial charge in [-0.15, -0.1) is 0 Å². The van der Waals surface area contributed by atoms with Gasteiger partial charge in [-0.2, -0.15) is 17.5 Å². The van der Waals surface area contributed by atoms with Crippen molar-refractivity contribution in [2.45, 2.75) is 50.8 Å². The highest BCUT2D eigenvalue weighted by Gasteiger charge is 2.38. The number of piperazine rings is 1. The van der Waals surface area contributed by atoms with E-state index in [2.05, 4.69) is 5.32 Å². The highest BCUT2D eigenvalue weighted by atomic mass is 32.2. The van der Waals surface area contributed by atoms with Crippen LogP contribution in [0.5, 0.6) is 0 Å². The number of halogens is 3. The summed E-state index contributed by atoms with van der Waals surface area (Å²) in [5.41, 5.74) is 0.708. The first kappa shape index (κ1) is 30.8. The van der Waals surface area contributed by atoms with Gasteiger partial charge in [-0.25, -0.2) is 13.2 Å². The van der Waals surface area contributed by atoms with Crippen molar-refractivity contribution in [1.82, 2.24) is 14.5 Å². The van der Waals surface area contributed by atoms with Gasteiger partial charge in [0, 0.05) is 52.3 Å². The lowest BCUT2D eigenvalue weighted by atomic mass is 10.2. The molecule has 0 saturated carbocycles. The third-order valence-corrected chi connectivity index (χ3v) is 7.06. The molecular formula is C22H34F3N3O6S. The Morgan fingerprint density at radius 3 is 2.26 bits per heavy atom. The molecular weight excluding hydrogens is 491 g/mol. The van der Waals surface area contributed by atoms with Crippen molar-refractivity contribution in [3.05, 3.63) is 29.8 Å². The Balaban J connectivity index is 0.000000762. The zero-order chi connectivity index (χ0) is 26.6. The summed E-state index contributed by atoms with van der Waals surface area (Å²) in [7, 11) is -3.66. The molecule has 1 aliphatic heterocycles. The van der Waals surface area contributed by atoms with Gasteiger partial charge in [0.2, 0.25) is 15.9 Å². The largest absolute Gasteiger partial charge is 0.490 e. The molecule has 0 spiro atoms. The van der Waals surface area contributed by atoms with Crippen LogP contribution in [-0.4, -0.2) is 92.8 Å². The molecule has 1 fully saturated rings. The minimum atomic E-state index is -5.08. The van der Waals surface area contributed by atoms with Gasteiger partial charge in [0.25, 0.3) is 0 Å². The topological polar surface area (TPSA) is 116 Å². The van der Waals surface area contributed by atoms with E-state index in [9.17, 15) is 26.4 Å². The van der Waals surface area contributed by atoms with E-state index < -0.39 is 22.2 Å². The summed E-state index contributed by atoms with van der Waals surface area (Å²) in [5, 5.41) is 10.3. The Kier molecular flexibility index (Phi) is 12.6. The number of sulfonamides is 1. The zero-order valence-corrected chi connectivity index (χ0v) is 21.0. The van der Waals surface area contributed by atoms with E-state index in [4.69, 9.17) is 14.6 Å². The Bertz CT molecular complexity index is 919. The smallest absolute Gasteiger partial charge is 0.475 e. The first-order valence-electron chi connectivity index (χ1n) is 11.2. The molecule has 2 rings (SSSR count). The summed E-state index contributed by atoms with van der Waals surface area (Å²) < 4.78 is 65.2. The Morgan fingerprint density at radius 2 is 1.74 bits per heavy atom. The summed E-state index contributed by atoms with van der Waals surface area (Å²) in [6.07, 6.45) is -4.20. The van der Waals surface area contributed by atoms with E-state index in [1.807, 2.05) is 19.9 Å². The van der Waals surface area contributed by atoms with E-state index in [0.29, 0.717) is 43.1 Å². The monoisotopic (exact) mass is 525 g/mol. The fourth-order valence-corrected chi connectivity index (χ4v) is 4.89. The summed E-state index contributed by atoms with van der Waals surface area (Å²) >= 11 is 0. The minimum Gasteiger partial charge on any atom is -0.475 e. The van der Waals surface area contributed by atoms with Crippen LogP contribution in [0.25, 0.3) is 0 Å². The van der Waals surface area contributed by atoms with Crippen molar-refractivity contribution in [3.8, 4) is 0 Å². The van der Waals surface area contributed by atoms with Crippen LogP contribution in [0.3, 0.4) is 0 Å². The normalized spacial score (nSPS) is 14.6. The second kappa shape index (κ2) is 14.4. The van der Waals surface area contributed by atoms with Gasteiger partial charge in [0.1, 0.15) is 0 Å². The number of carboxylic acids is 1. The summed E-state index contributed by atoms with van der Waals surface area (Å²) in [5.74, 6) is -2.75. The highest BCUT2D eigenvalue weighted by Crippen LogP contribution is 2.20. The van der Waals surface area contributed by atoms with E-state index in [0.717, 1.165) is 13.1 Å².